The molecule has 0 unspecified atom stereocenters. The Morgan fingerprint density at radius 2 is 2.09 bits per heavy atom. The summed E-state index contributed by atoms with van der Waals surface area (Å²) in [5.74, 6) is 1.90. The monoisotopic (exact) mass is 460 g/mol. The highest BCUT2D eigenvalue weighted by Gasteiger charge is 2.35. The molecule has 5 rings (SSSR count). The predicted octanol–water partition coefficient (Wildman–Crippen LogP) is 4.88. The van der Waals surface area contributed by atoms with Crippen LogP contribution in [0.3, 0.4) is 0 Å². The molecule has 0 aliphatic carbocycles. The molecule has 1 aliphatic heterocycles. The fourth-order valence-electron chi connectivity index (χ4n) is 4.31. The van der Waals surface area contributed by atoms with E-state index in [0.29, 0.717) is 22.4 Å². The lowest BCUT2D eigenvalue weighted by atomic mass is 9.81. The lowest BCUT2D eigenvalue weighted by molar-refractivity contribution is -0.117. The molecule has 0 saturated carbocycles. The fourth-order valence-corrected chi connectivity index (χ4v) is 4.85. The first-order valence-corrected chi connectivity index (χ1v) is 11.6. The van der Waals surface area contributed by atoms with Gasteiger partial charge in [-0.2, -0.15) is 0 Å². The van der Waals surface area contributed by atoms with Crippen LogP contribution < -0.4 is 20.1 Å². The normalized spacial score (nSPS) is 17.4. The molecule has 1 amide bonds. The molecule has 33 heavy (non-hydrogen) atoms. The Bertz CT molecular complexity index is 1310. The highest BCUT2D eigenvalue weighted by molar-refractivity contribution is 7.13. The van der Waals surface area contributed by atoms with Gasteiger partial charge in [0.25, 0.3) is 0 Å². The molecule has 1 atom stereocenters. The third-order valence-corrected chi connectivity index (χ3v) is 6.61. The average molecular weight is 461 g/mol. The summed E-state index contributed by atoms with van der Waals surface area (Å²) < 4.78 is 11.9. The van der Waals surface area contributed by atoms with Crippen molar-refractivity contribution in [2.24, 2.45) is 0 Å². The van der Waals surface area contributed by atoms with Gasteiger partial charge in [0.2, 0.25) is 5.91 Å². The number of hydrogen-bond acceptors (Lipinski definition) is 7. The summed E-state index contributed by atoms with van der Waals surface area (Å²) in [5, 5.41) is 11.0. The van der Waals surface area contributed by atoms with E-state index in [1.165, 1.54) is 11.3 Å². The second-order valence-corrected chi connectivity index (χ2v) is 9.11. The number of benzene rings is 2. The van der Waals surface area contributed by atoms with Gasteiger partial charge < -0.3 is 20.1 Å². The Hall–Kier alpha value is -3.49. The maximum atomic E-state index is 12.8. The van der Waals surface area contributed by atoms with Crippen LogP contribution in [-0.2, 0) is 16.8 Å². The largest absolute Gasteiger partial charge is 0.493 e. The summed E-state index contributed by atoms with van der Waals surface area (Å²) in [7, 11) is 1.64. The van der Waals surface area contributed by atoms with Gasteiger partial charge in [0.05, 0.1) is 7.11 Å². The van der Waals surface area contributed by atoms with Crippen LogP contribution in [0.25, 0.3) is 10.8 Å². The van der Waals surface area contributed by atoms with Crippen molar-refractivity contribution < 1.29 is 14.3 Å². The molecule has 1 aliphatic rings. The second kappa shape index (κ2) is 8.80. The molecular formula is C25H24N4O3S. The van der Waals surface area contributed by atoms with Gasteiger partial charge in [-0.05, 0) is 66.3 Å². The highest BCUT2D eigenvalue weighted by atomic mass is 32.1. The number of amides is 1. The van der Waals surface area contributed by atoms with Gasteiger partial charge in [0.1, 0.15) is 5.75 Å². The van der Waals surface area contributed by atoms with E-state index in [1.807, 2.05) is 54.9 Å². The van der Waals surface area contributed by atoms with E-state index in [-0.39, 0.29) is 12.3 Å². The van der Waals surface area contributed by atoms with Crippen molar-refractivity contribution in [3.05, 3.63) is 71.5 Å². The minimum absolute atomic E-state index is 0.0887. The number of pyridine rings is 1. The number of rotatable bonds is 6. The predicted molar refractivity (Wildman–Crippen MR) is 129 cm³/mol. The number of ether oxygens (including phenoxy) is 2. The Morgan fingerprint density at radius 3 is 2.91 bits per heavy atom. The SMILES string of the molecule is COc1cc2c(cc1Oc1ccc3cnccc3c1)[C@@](C)(CC(=O)Nc1nccs1)NCC2. The van der Waals surface area contributed by atoms with Gasteiger partial charge in [-0.25, -0.2) is 4.98 Å². The molecule has 2 aromatic heterocycles. The van der Waals surface area contributed by atoms with Gasteiger partial charge in [-0.3, -0.25) is 9.78 Å². The van der Waals surface area contributed by atoms with Crippen LogP contribution in [0.15, 0.2) is 60.4 Å². The van der Waals surface area contributed by atoms with E-state index >= 15 is 0 Å². The first-order valence-electron chi connectivity index (χ1n) is 10.7. The van der Waals surface area contributed by atoms with Crippen molar-refractivity contribution in [3.63, 3.8) is 0 Å². The number of carbonyl (C=O) groups excluding carboxylic acids is 1. The molecule has 2 aromatic carbocycles. The van der Waals surface area contributed by atoms with Crippen molar-refractivity contribution in [3.8, 4) is 17.2 Å². The van der Waals surface area contributed by atoms with Gasteiger partial charge in [-0.15, -0.1) is 11.3 Å². The standard InChI is InChI=1S/C25H24N4O3S/c1-25(14-23(30)29-24-27-9-10-33-24)20-13-22(21(31-2)12-17(20)6-8-28-25)32-19-4-3-18-15-26-7-5-16(18)11-19/h3-5,7,9-13,15,28H,6,8,14H2,1-2H3,(H,27,29,30)/t25-/m1/s1. The van der Waals surface area contributed by atoms with Gasteiger partial charge in [0, 0.05) is 47.9 Å². The topological polar surface area (TPSA) is 85.4 Å². The Morgan fingerprint density at radius 1 is 1.18 bits per heavy atom. The number of anilines is 1. The molecule has 0 fully saturated rings. The quantitative estimate of drug-likeness (QED) is 0.427. The zero-order valence-corrected chi connectivity index (χ0v) is 19.2. The highest BCUT2D eigenvalue weighted by Crippen LogP contribution is 2.41. The Labute approximate surface area is 195 Å². The summed E-state index contributed by atoms with van der Waals surface area (Å²) in [4.78, 5) is 21.1. The molecular weight excluding hydrogens is 436 g/mol. The van der Waals surface area contributed by atoms with Crippen molar-refractivity contribution in [1.82, 2.24) is 15.3 Å². The summed E-state index contributed by atoms with van der Waals surface area (Å²) in [6, 6.07) is 11.9. The van der Waals surface area contributed by atoms with Gasteiger partial charge in [0.15, 0.2) is 16.6 Å². The number of thiazole rings is 1. The minimum Gasteiger partial charge on any atom is -0.493 e. The molecule has 8 heteroatoms. The number of hydrogen-bond donors (Lipinski definition) is 2. The molecule has 0 spiro atoms. The fraction of sp³-hybridized carbons (Fsp3) is 0.240. The van der Waals surface area contributed by atoms with E-state index in [0.717, 1.165) is 34.9 Å². The maximum absolute atomic E-state index is 12.8. The number of methoxy groups -OCH3 is 1. The molecule has 0 saturated heterocycles. The van der Waals surface area contributed by atoms with E-state index < -0.39 is 5.54 Å². The third kappa shape index (κ3) is 4.40. The van der Waals surface area contributed by atoms with Crippen molar-refractivity contribution in [2.45, 2.75) is 25.3 Å². The van der Waals surface area contributed by atoms with Crippen LogP contribution in [0.2, 0.25) is 0 Å². The van der Waals surface area contributed by atoms with E-state index in [4.69, 9.17) is 9.47 Å². The molecule has 7 nitrogen and oxygen atoms in total. The second-order valence-electron chi connectivity index (χ2n) is 8.22. The smallest absolute Gasteiger partial charge is 0.228 e. The van der Waals surface area contributed by atoms with Crippen LogP contribution in [-0.4, -0.2) is 29.5 Å². The molecule has 4 aromatic rings. The maximum Gasteiger partial charge on any atom is 0.228 e. The molecule has 2 N–H and O–H groups in total. The van der Waals surface area contributed by atoms with Crippen molar-refractivity contribution >= 4 is 33.1 Å². The van der Waals surface area contributed by atoms with Crippen LogP contribution >= 0.6 is 11.3 Å². The van der Waals surface area contributed by atoms with Crippen molar-refractivity contribution in [1.29, 1.82) is 0 Å². The van der Waals surface area contributed by atoms with E-state index in [9.17, 15) is 4.79 Å². The number of carbonyl (C=O) groups is 1. The number of aromatic nitrogens is 2. The van der Waals surface area contributed by atoms with Crippen LogP contribution in [0.5, 0.6) is 17.2 Å². The van der Waals surface area contributed by atoms with Crippen molar-refractivity contribution in [2.75, 3.05) is 19.0 Å². The zero-order valence-electron chi connectivity index (χ0n) is 18.4. The molecule has 168 valence electrons. The zero-order chi connectivity index (χ0) is 22.8. The first-order chi connectivity index (χ1) is 16.0. The van der Waals surface area contributed by atoms with Crippen LogP contribution in [0.1, 0.15) is 24.5 Å². The first kappa shape index (κ1) is 21.4. The summed E-state index contributed by atoms with van der Waals surface area (Å²) in [6.07, 6.45) is 6.38. The number of fused-ring (bicyclic) bond motifs is 2. The summed E-state index contributed by atoms with van der Waals surface area (Å²) in [6.45, 7) is 2.82. The Balaban J connectivity index is 1.46. The lowest BCUT2D eigenvalue weighted by Crippen LogP contribution is -2.47. The van der Waals surface area contributed by atoms with E-state index in [1.54, 1.807) is 19.5 Å². The molecule has 0 radical (unpaired) electrons. The number of nitrogens with zero attached hydrogens (tertiary/aromatic N) is 2. The Kier molecular flexibility index (Phi) is 5.70. The molecule has 3 heterocycles. The van der Waals surface area contributed by atoms with Crippen LogP contribution in [0.4, 0.5) is 5.13 Å². The van der Waals surface area contributed by atoms with Gasteiger partial charge in [-0.1, -0.05) is 0 Å². The minimum atomic E-state index is -0.547. The van der Waals surface area contributed by atoms with E-state index in [2.05, 4.69) is 20.6 Å². The number of nitrogens with one attached hydrogen (secondary N) is 2. The van der Waals surface area contributed by atoms with Gasteiger partial charge >= 0.3 is 0 Å². The third-order valence-electron chi connectivity index (χ3n) is 5.93. The van der Waals surface area contributed by atoms with Crippen LogP contribution in [0, 0.1) is 0 Å². The summed E-state index contributed by atoms with van der Waals surface area (Å²) >= 11 is 1.40. The summed E-state index contributed by atoms with van der Waals surface area (Å²) in [5.41, 5.74) is 1.63. The lowest BCUT2D eigenvalue weighted by Gasteiger charge is -2.37. The average Bonchev–Trinajstić information content (AvgIpc) is 3.32. The molecule has 0 bridgehead atoms.